The van der Waals surface area contributed by atoms with Gasteiger partial charge < -0.3 is 4.90 Å². The predicted molar refractivity (Wildman–Crippen MR) is 81.9 cm³/mol. The molecule has 1 aliphatic heterocycles. The molecule has 0 fully saturated rings. The summed E-state index contributed by atoms with van der Waals surface area (Å²) in [7, 11) is 0. The van der Waals surface area contributed by atoms with E-state index in [1.807, 2.05) is 49.4 Å². The van der Waals surface area contributed by atoms with Crippen LogP contribution in [0, 0.1) is 17.2 Å². The lowest BCUT2D eigenvalue weighted by Gasteiger charge is -2.15. The van der Waals surface area contributed by atoms with Crippen LogP contribution in [0.4, 0.5) is 5.69 Å². The van der Waals surface area contributed by atoms with Crippen LogP contribution < -0.4 is 4.90 Å². The first kappa shape index (κ1) is 13.4. The highest BCUT2D eigenvalue weighted by atomic mass is 16.2. The number of nitriles is 1. The number of carbonyl (C=O) groups is 1. The van der Waals surface area contributed by atoms with Crippen LogP contribution in [0.2, 0.25) is 0 Å². The summed E-state index contributed by atoms with van der Waals surface area (Å²) in [6.45, 7) is 2.52. The fourth-order valence-corrected chi connectivity index (χ4v) is 2.72. The number of carbonyl (C=O) groups excluding carboxylic acids is 1. The lowest BCUT2D eigenvalue weighted by Crippen LogP contribution is -2.22. The molecule has 1 heterocycles. The molecule has 0 saturated carbocycles. The van der Waals surface area contributed by atoms with Gasteiger partial charge in [0.2, 0.25) is 0 Å². The summed E-state index contributed by atoms with van der Waals surface area (Å²) in [6, 6.07) is 17.9. The smallest absolute Gasteiger partial charge is 0.258 e. The number of benzene rings is 2. The lowest BCUT2D eigenvalue weighted by molar-refractivity contribution is 0.0996. The molecule has 1 amide bonds. The molecule has 21 heavy (non-hydrogen) atoms. The Morgan fingerprint density at radius 2 is 2.00 bits per heavy atom. The highest BCUT2D eigenvalue weighted by Gasteiger charge is 2.28. The molecule has 0 aliphatic carbocycles. The van der Waals surface area contributed by atoms with E-state index in [4.69, 9.17) is 5.26 Å². The van der Waals surface area contributed by atoms with Crippen molar-refractivity contribution in [2.45, 2.75) is 19.9 Å². The van der Waals surface area contributed by atoms with Gasteiger partial charge in [0, 0.05) is 17.2 Å². The number of anilines is 1. The average Bonchev–Trinajstić information content (AvgIpc) is 2.84. The van der Waals surface area contributed by atoms with Gasteiger partial charge in [0.05, 0.1) is 12.6 Å². The van der Waals surface area contributed by atoms with Gasteiger partial charge >= 0.3 is 0 Å². The third-order valence-electron chi connectivity index (χ3n) is 3.80. The summed E-state index contributed by atoms with van der Waals surface area (Å²) in [5.41, 5.74) is 3.86. The second kappa shape index (κ2) is 5.41. The van der Waals surface area contributed by atoms with Gasteiger partial charge in [0.1, 0.15) is 0 Å². The second-order valence-electron chi connectivity index (χ2n) is 5.45. The van der Waals surface area contributed by atoms with E-state index in [9.17, 15) is 4.79 Å². The molecule has 1 aliphatic rings. The van der Waals surface area contributed by atoms with Crippen molar-refractivity contribution in [1.82, 2.24) is 0 Å². The van der Waals surface area contributed by atoms with Crippen molar-refractivity contribution >= 4 is 11.6 Å². The van der Waals surface area contributed by atoms with Crippen LogP contribution in [0.25, 0.3) is 0 Å². The van der Waals surface area contributed by atoms with E-state index in [-0.39, 0.29) is 11.8 Å². The van der Waals surface area contributed by atoms with E-state index in [1.165, 1.54) is 0 Å². The molecule has 1 atom stereocenters. The quantitative estimate of drug-likeness (QED) is 0.860. The predicted octanol–water partition coefficient (Wildman–Crippen LogP) is 3.55. The summed E-state index contributed by atoms with van der Waals surface area (Å²) in [4.78, 5) is 14.3. The third-order valence-corrected chi connectivity index (χ3v) is 3.80. The van der Waals surface area contributed by atoms with Crippen molar-refractivity contribution in [3.63, 3.8) is 0 Å². The molecule has 2 aromatic carbocycles. The minimum Gasteiger partial charge on any atom is -0.304 e. The third kappa shape index (κ3) is 2.53. The molecule has 0 saturated heterocycles. The number of nitrogens with zero attached hydrogens (tertiary/aromatic N) is 2. The van der Waals surface area contributed by atoms with E-state index in [2.05, 4.69) is 12.1 Å². The first-order valence-corrected chi connectivity index (χ1v) is 7.07. The Labute approximate surface area is 124 Å². The zero-order valence-corrected chi connectivity index (χ0v) is 11.9. The molecule has 3 heteroatoms. The molecule has 2 aromatic rings. The molecule has 3 rings (SSSR count). The van der Waals surface area contributed by atoms with Gasteiger partial charge in [0.25, 0.3) is 5.91 Å². The molecule has 104 valence electrons. The van der Waals surface area contributed by atoms with Crippen molar-refractivity contribution in [3.8, 4) is 6.07 Å². The van der Waals surface area contributed by atoms with Crippen LogP contribution in [0.3, 0.4) is 0 Å². The van der Waals surface area contributed by atoms with Crippen LogP contribution in [-0.4, -0.2) is 5.91 Å². The van der Waals surface area contributed by atoms with E-state index in [1.54, 1.807) is 4.90 Å². The minimum atomic E-state index is -0.00891. The Balaban J connectivity index is 1.88. The van der Waals surface area contributed by atoms with Crippen LogP contribution in [0.5, 0.6) is 0 Å². The molecule has 3 nitrogen and oxygen atoms in total. The van der Waals surface area contributed by atoms with Crippen LogP contribution in [-0.2, 0) is 13.0 Å². The van der Waals surface area contributed by atoms with Crippen molar-refractivity contribution in [2.75, 3.05) is 4.90 Å². The number of hydrogen-bond donors (Lipinski definition) is 0. The van der Waals surface area contributed by atoms with Crippen molar-refractivity contribution in [3.05, 3.63) is 65.2 Å². The molecule has 0 aromatic heterocycles. The highest BCUT2D eigenvalue weighted by molar-refractivity contribution is 6.10. The summed E-state index contributed by atoms with van der Waals surface area (Å²) >= 11 is 0. The summed E-state index contributed by atoms with van der Waals surface area (Å²) in [5.74, 6) is 0.0430. The van der Waals surface area contributed by atoms with Crippen LogP contribution in [0.1, 0.15) is 28.4 Å². The van der Waals surface area contributed by atoms with Crippen molar-refractivity contribution < 1.29 is 4.79 Å². The largest absolute Gasteiger partial charge is 0.304 e. The van der Waals surface area contributed by atoms with Crippen molar-refractivity contribution in [2.24, 2.45) is 5.92 Å². The average molecular weight is 276 g/mol. The SMILES string of the molecule is CC(C#N)Cc1ccc2c(c1)CN(c1ccccc1)C2=O. The Morgan fingerprint density at radius 3 is 2.71 bits per heavy atom. The summed E-state index contributed by atoms with van der Waals surface area (Å²) in [6.07, 6.45) is 0.726. The van der Waals surface area contributed by atoms with E-state index >= 15 is 0 Å². The first-order valence-electron chi connectivity index (χ1n) is 7.07. The molecule has 0 radical (unpaired) electrons. The number of fused-ring (bicyclic) bond motifs is 1. The molecule has 0 N–H and O–H groups in total. The number of para-hydroxylation sites is 1. The number of rotatable bonds is 3. The summed E-state index contributed by atoms with van der Waals surface area (Å²) in [5, 5.41) is 8.91. The summed E-state index contributed by atoms with van der Waals surface area (Å²) < 4.78 is 0. The van der Waals surface area contributed by atoms with Crippen LogP contribution >= 0.6 is 0 Å². The Bertz CT molecular complexity index is 716. The first-order chi connectivity index (χ1) is 10.2. The fourth-order valence-electron chi connectivity index (χ4n) is 2.72. The van der Waals surface area contributed by atoms with Crippen molar-refractivity contribution in [1.29, 1.82) is 5.26 Å². The van der Waals surface area contributed by atoms with E-state index < -0.39 is 0 Å². The maximum Gasteiger partial charge on any atom is 0.258 e. The lowest BCUT2D eigenvalue weighted by atomic mass is 9.99. The topological polar surface area (TPSA) is 44.1 Å². The van der Waals surface area contributed by atoms with Gasteiger partial charge in [-0.1, -0.05) is 30.3 Å². The van der Waals surface area contributed by atoms with Gasteiger partial charge in [-0.15, -0.1) is 0 Å². The van der Waals surface area contributed by atoms with Gasteiger partial charge in [-0.25, -0.2) is 0 Å². The van der Waals surface area contributed by atoms with Gasteiger partial charge in [-0.2, -0.15) is 5.26 Å². The molecule has 1 unspecified atom stereocenters. The zero-order chi connectivity index (χ0) is 14.8. The van der Waals surface area contributed by atoms with Crippen LogP contribution in [0.15, 0.2) is 48.5 Å². The fraction of sp³-hybridized carbons (Fsp3) is 0.222. The normalized spacial score (nSPS) is 14.7. The number of amides is 1. The molecular weight excluding hydrogens is 260 g/mol. The van der Waals surface area contributed by atoms with Gasteiger partial charge in [0.15, 0.2) is 0 Å². The zero-order valence-electron chi connectivity index (χ0n) is 11.9. The molecular formula is C18H16N2O. The maximum atomic E-state index is 12.5. The molecule has 0 bridgehead atoms. The highest BCUT2D eigenvalue weighted by Crippen LogP contribution is 2.29. The Kier molecular flexibility index (Phi) is 3.45. The Morgan fingerprint density at radius 1 is 1.24 bits per heavy atom. The minimum absolute atomic E-state index is 0.00891. The van der Waals surface area contributed by atoms with Gasteiger partial charge in [-0.3, -0.25) is 4.79 Å². The maximum absolute atomic E-state index is 12.5. The van der Waals surface area contributed by atoms with Gasteiger partial charge in [-0.05, 0) is 42.7 Å². The van der Waals surface area contributed by atoms with E-state index in [0.717, 1.165) is 28.8 Å². The monoisotopic (exact) mass is 276 g/mol. The number of hydrogen-bond acceptors (Lipinski definition) is 2. The molecule has 0 spiro atoms. The Hall–Kier alpha value is -2.60. The van der Waals surface area contributed by atoms with E-state index in [0.29, 0.717) is 6.54 Å². The standard InChI is InChI=1S/C18H16N2O/c1-13(11-19)9-14-7-8-17-15(10-14)12-20(18(17)21)16-5-3-2-4-6-16/h2-8,10,13H,9,12H2,1H3. The second-order valence-corrected chi connectivity index (χ2v) is 5.45.